The number of aromatic nitrogens is 1. The smallest absolute Gasteiger partial charge is 0.319 e. The lowest BCUT2D eigenvalue weighted by molar-refractivity contribution is -0.142. The number of ether oxygens (including phenoxy) is 1. The molecule has 0 radical (unpaired) electrons. The summed E-state index contributed by atoms with van der Waals surface area (Å²) in [5, 5.41) is 5.64. The summed E-state index contributed by atoms with van der Waals surface area (Å²) in [5.41, 5.74) is 0.525. The number of hydrogen-bond donors (Lipinski definition) is 2. The van der Waals surface area contributed by atoms with Crippen molar-refractivity contribution in [3.05, 3.63) is 57.9 Å². The normalized spacial score (nSPS) is 12.8. The van der Waals surface area contributed by atoms with Crippen LogP contribution in [0.25, 0.3) is 0 Å². The molecule has 24 heavy (non-hydrogen) atoms. The third-order valence-corrected chi connectivity index (χ3v) is 4.19. The minimum atomic E-state index is -0.915. The number of nitrogens with zero attached hydrogens (tertiary/aromatic N) is 1. The summed E-state index contributed by atoms with van der Waals surface area (Å²) < 4.78 is 5.77. The summed E-state index contributed by atoms with van der Waals surface area (Å²) in [6, 6.07) is 10.6. The molecule has 0 saturated heterocycles. The fraction of sp³-hybridized carbons (Fsp3) is 0.235. The summed E-state index contributed by atoms with van der Waals surface area (Å²) in [6.45, 7) is 1.77. The van der Waals surface area contributed by atoms with E-state index in [4.69, 9.17) is 4.74 Å². The molecular weight excluding hydrogens is 421 g/mol. The number of benzene rings is 1. The maximum absolute atomic E-state index is 12.4. The third kappa shape index (κ3) is 4.92. The van der Waals surface area contributed by atoms with Crippen LogP contribution in [-0.2, 0) is 15.1 Å². The molecule has 1 aromatic carbocycles. The van der Waals surface area contributed by atoms with Crippen molar-refractivity contribution in [1.29, 1.82) is 0 Å². The molecule has 0 fully saturated rings. The summed E-state index contributed by atoms with van der Waals surface area (Å²) >= 11 is 2.17. The van der Waals surface area contributed by atoms with Crippen molar-refractivity contribution in [3.63, 3.8) is 0 Å². The number of rotatable bonds is 5. The molecule has 2 amide bonds. The lowest BCUT2D eigenvalue weighted by atomic mass is 9.89. The van der Waals surface area contributed by atoms with E-state index in [9.17, 15) is 9.59 Å². The van der Waals surface area contributed by atoms with E-state index < -0.39 is 17.5 Å². The monoisotopic (exact) mass is 439 g/mol. The van der Waals surface area contributed by atoms with Gasteiger partial charge in [0, 0.05) is 21.7 Å². The van der Waals surface area contributed by atoms with Crippen molar-refractivity contribution in [1.82, 2.24) is 10.3 Å². The van der Waals surface area contributed by atoms with Crippen LogP contribution in [0, 0.1) is 3.57 Å². The zero-order chi connectivity index (χ0) is 17.6. The summed E-state index contributed by atoms with van der Waals surface area (Å²) in [6.07, 6.45) is 3.24. The summed E-state index contributed by atoms with van der Waals surface area (Å²) in [4.78, 5) is 28.1. The van der Waals surface area contributed by atoms with E-state index in [0.717, 1.165) is 9.13 Å². The molecule has 2 rings (SSSR count). The predicted molar refractivity (Wildman–Crippen MR) is 99.5 cm³/mol. The van der Waals surface area contributed by atoms with Crippen LogP contribution >= 0.6 is 22.6 Å². The molecule has 0 saturated carbocycles. The van der Waals surface area contributed by atoms with Gasteiger partial charge in [0.05, 0.1) is 19.1 Å². The molecule has 2 aromatic rings. The highest BCUT2D eigenvalue weighted by Crippen LogP contribution is 2.25. The SMILES string of the molecule is COC(=O)C[C@@](C)(NC(=O)Nc1cccc(I)c1)c1ccncc1. The highest BCUT2D eigenvalue weighted by Gasteiger charge is 2.32. The zero-order valence-corrected chi connectivity index (χ0v) is 15.5. The molecule has 1 heterocycles. The Bertz CT molecular complexity index is 724. The van der Waals surface area contributed by atoms with Gasteiger partial charge < -0.3 is 15.4 Å². The lowest BCUT2D eigenvalue weighted by Gasteiger charge is -2.30. The van der Waals surface area contributed by atoms with E-state index >= 15 is 0 Å². The number of pyridine rings is 1. The third-order valence-electron chi connectivity index (χ3n) is 3.51. The topological polar surface area (TPSA) is 80.3 Å². The van der Waals surface area contributed by atoms with Crippen molar-refractivity contribution in [2.24, 2.45) is 0 Å². The highest BCUT2D eigenvalue weighted by molar-refractivity contribution is 14.1. The van der Waals surface area contributed by atoms with Crippen molar-refractivity contribution < 1.29 is 14.3 Å². The second-order valence-corrected chi connectivity index (χ2v) is 6.66. The Morgan fingerprint density at radius 1 is 1.25 bits per heavy atom. The van der Waals surface area contributed by atoms with Crippen LogP contribution in [0.1, 0.15) is 18.9 Å². The van der Waals surface area contributed by atoms with Crippen molar-refractivity contribution >= 4 is 40.3 Å². The molecule has 7 heteroatoms. The summed E-state index contributed by atoms with van der Waals surface area (Å²) in [5.74, 6) is -0.413. The van der Waals surface area contributed by atoms with Gasteiger partial charge in [0.1, 0.15) is 0 Å². The van der Waals surface area contributed by atoms with Crippen LogP contribution in [0.2, 0.25) is 0 Å². The molecule has 0 aliphatic carbocycles. The number of esters is 1. The number of hydrogen-bond acceptors (Lipinski definition) is 4. The Labute approximate surface area is 154 Å². The van der Waals surface area contributed by atoms with E-state index in [0.29, 0.717) is 5.69 Å². The van der Waals surface area contributed by atoms with E-state index in [1.54, 1.807) is 37.5 Å². The summed E-state index contributed by atoms with van der Waals surface area (Å²) in [7, 11) is 1.32. The number of nitrogens with one attached hydrogen (secondary N) is 2. The number of carbonyl (C=O) groups is 2. The number of methoxy groups -OCH3 is 1. The van der Waals surface area contributed by atoms with E-state index in [2.05, 4.69) is 38.2 Å². The Hall–Kier alpha value is -2.16. The second-order valence-electron chi connectivity index (χ2n) is 5.41. The van der Waals surface area contributed by atoms with Gasteiger partial charge >= 0.3 is 12.0 Å². The quantitative estimate of drug-likeness (QED) is 0.554. The van der Waals surface area contributed by atoms with Crippen LogP contribution in [-0.4, -0.2) is 24.1 Å². The number of amides is 2. The molecule has 0 spiro atoms. The Morgan fingerprint density at radius 2 is 1.96 bits per heavy atom. The minimum Gasteiger partial charge on any atom is -0.469 e. The fourth-order valence-corrected chi connectivity index (χ4v) is 2.82. The van der Waals surface area contributed by atoms with Crippen LogP contribution < -0.4 is 10.6 Å². The maximum Gasteiger partial charge on any atom is 0.319 e. The first-order valence-electron chi connectivity index (χ1n) is 7.25. The average Bonchev–Trinajstić information content (AvgIpc) is 2.55. The minimum absolute atomic E-state index is 0.00720. The number of urea groups is 1. The van der Waals surface area contributed by atoms with E-state index in [1.165, 1.54) is 7.11 Å². The Kier molecular flexibility index (Phi) is 6.13. The van der Waals surface area contributed by atoms with Crippen LogP contribution in [0.5, 0.6) is 0 Å². The second kappa shape index (κ2) is 8.09. The fourth-order valence-electron chi connectivity index (χ4n) is 2.28. The van der Waals surface area contributed by atoms with Crippen LogP contribution in [0.4, 0.5) is 10.5 Å². The van der Waals surface area contributed by atoms with Gasteiger partial charge in [0.2, 0.25) is 0 Å². The van der Waals surface area contributed by atoms with Crippen molar-refractivity contribution in [3.8, 4) is 0 Å². The molecule has 126 valence electrons. The van der Waals surface area contributed by atoms with Gasteiger partial charge in [0.15, 0.2) is 0 Å². The molecular formula is C17H18IN3O3. The number of halogens is 1. The maximum atomic E-state index is 12.4. The molecule has 0 unspecified atom stereocenters. The van der Waals surface area contributed by atoms with Gasteiger partial charge in [-0.05, 0) is 65.4 Å². The molecule has 1 aromatic heterocycles. The van der Waals surface area contributed by atoms with Crippen molar-refractivity contribution in [2.75, 3.05) is 12.4 Å². The molecule has 0 aliphatic heterocycles. The first-order chi connectivity index (χ1) is 11.4. The van der Waals surface area contributed by atoms with Gasteiger partial charge in [-0.1, -0.05) is 6.07 Å². The van der Waals surface area contributed by atoms with E-state index in [-0.39, 0.29) is 6.42 Å². The van der Waals surface area contributed by atoms with Gasteiger partial charge in [-0.25, -0.2) is 4.79 Å². The standard InChI is InChI=1S/C17H18IN3O3/c1-17(11-15(22)24-2,12-6-8-19-9-7-12)21-16(23)20-14-5-3-4-13(18)10-14/h3-10H,11H2,1-2H3,(H2,20,21,23)/t17-/m1/s1. The van der Waals surface area contributed by atoms with Gasteiger partial charge in [-0.3, -0.25) is 9.78 Å². The van der Waals surface area contributed by atoms with Gasteiger partial charge in [0.25, 0.3) is 0 Å². The predicted octanol–water partition coefficient (Wildman–Crippen LogP) is 3.29. The van der Waals surface area contributed by atoms with Crippen molar-refractivity contribution in [2.45, 2.75) is 18.9 Å². The Balaban J connectivity index is 2.18. The lowest BCUT2D eigenvalue weighted by Crippen LogP contribution is -2.47. The average molecular weight is 439 g/mol. The van der Waals surface area contributed by atoms with Gasteiger partial charge in [-0.2, -0.15) is 0 Å². The highest BCUT2D eigenvalue weighted by atomic mass is 127. The molecule has 1 atom stereocenters. The first-order valence-corrected chi connectivity index (χ1v) is 8.33. The first kappa shape index (κ1) is 18.2. The molecule has 0 bridgehead atoms. The molecule has 6 nitrogen and oxygen atoms in total. The Morgan fingerprint density at radius 3 is 2.58 bits per heavy atom. The number of anilines is 1. The zero-order valence-electron chi connectivity index (χ0n) is 13.4. The van der Waals surface area contributed by atoms with Crippen LogP contribution in [0.15, 0.2) is 48.8 Å². The molecule has 0 aliphatic rings. The molecule has 2 N–H and O–H groups in total. The van der Waals surface area contributed by atoms with E-state index in [1.807, 2.05) is 18.2 Å². The van der Waals surface area contributed by atoms with Gasteiger partial charge in [-0.15, -0.1) is 0 Å². The largest absolute Gasteiger partial charge is 0.469 e. The number of carbonyl (C=O) groups excluding carboxylic acids is 2. The van der Waals surface area contributed by atoms with Crippen LogP contribution in [0.3, 0.4) is 0 Å².